The number of allylic oxidation sites excluding steroid dienone is 2. The molecule has 2 N–H and O–H groups in total. The van der Waals surface area contributed by atoms with Gasteiger partial charge in [-0.1, -0.05) is 26.0 Å². The molecule has 0 saturated carbocycles. The van der Waals surface area contributed by atoms with Crippen LogP contribution in [0.3, 0.4) is 0 Å². The summed E-state index contributed by atoms with van der Waals surface area (Å²) in [4.78, 5) is 25.7. The Bertz CT molecular complexity index is 363. The van der Waals surface area contributed by atoms with Crippen molar-refractivity contribution in [2.24, 2.45) is 11.8 Å². The zero-order chi connectivity index (χ0) is 15.1. The fraction of sp³-hybridized carbons (Fsp3) is 0.733. The van der Waals surface area contributed by atoms with Crippen LogP contribution in [0.25, 0.3) is 0 Å². The van der Waals surface area contributed by atoms with E-state index < -0.39 is 17.8 Å². The number of aliphatic hydroxyl groups is 1. The van der Waals surface area contributed by atoms with Gasteiger partial charge in [-0.2, -0.15) is 0 Å². The summed E-state index contributed by atoms with van der Waals surface area (Å²) in [7, 11) is 0. The summed E-state index contributed by atoms with van der Waals surface area (Å²) in [6.45, 7) is 4.18. The number of carbonyl (C=O) groups is 2. The van der Waals surface area contributed by atoms with Crippen LogP contribution in [0.15, 0.2) is 12.2 Å². The SMILES string of the molecule is CCC(CC)N(CCO)C(=O)C1CC=CCC1C(=O)O. The molecule has 1 aliphatic carbocycles. The lowest BCUT2D eigenvalue weighted by molar-refractivity contribution is -0.152. The van der Waals surface area contributed by atoms with E-state index >= 15 is 0 Å². The van der Waals surface area contributed by atoms with Gasteiger partial charge in [-0.25, -0.2) is 0 Å². The minimum absolute atomic E-state index is 0.0648. The molecule has 0 radical (unpaired) electrons. The fourth-order valence-electron chi connectivity index (χ4n) is 2.88. The first-order chi connectivity index (χ1) is 9.56. The van der Waals surface area contributed by atoms with Crippen LogP contribution in [-0.2, 0) is 9.59 Å². The highest BCUT2D eigenvalue weighted by Crippen LogP contribution is 2.29. The quantitative estimate of drug-likeness (QED) is 0.697. The number of hydrogen-bond donors (Lipinski definition) is 2. The van der Waals surface area contributed by atoms with E-state index in [2.05, 4.69) is 0 Å². The number of aliphatic hydroxyl groups excluding tert-OH is 1. The van der Waals surface area contributed by atoms with Crippen molar-refractivity contribution < 1.29 is 19.8 Å². The molecule has 0 aromatic heterocycles. The molecule has 5 nitrogen and oxygen atoms in total. The molecular formula is C15H25NO4. The highest BCUT2D eigenvalue weighted by atomic mass is 16.4. The standard InChI is InChI=1S/C15H25NO4/c1-3-11(4-2)16(9-10-17)14(18)12-7-5-6-8-13(12)15(19)20/h5-6,11-13,17H,3-4,7-10H2,1-2H3,(H,19,20). The van der Waals surface area contributed by atoms with Crippen LogP contribution in [-0.4, -0.2) is 46.2 Å². The fourth-order valence-corrected chi connectivity index (χ4v) is 2.88. The normalized spacial score (nSPS) is 22.0. The van der Waals surface area contributed by atoms with Crippen LogP contribution >= 0.6 is 0 Å². The maximum atomic E-state index is 12.7. The van der Waals surface area contributed by atoms with E-state index in [9.17, 15) is 19.8 Å². The van der Waals surface area contributed by atoms with Crippen LogP contribution < -0.4 is 0 Å². The summed E-state index contributed by atoms with van der Waals surface area (Å²) in [5.41, 5.74) is 0. The smallest absolute Gasteiger partial charge is 0.307 e. The molecule has 1 amide bonds. The third-order valence-corrected chi connectivity index (χ3v) is 4.07. The second-order valence-electron chi connectivity index (χ2n) is 5.22. The molecular weight excluding hydrogens is 258 g/mol. The predicted octanol–water partition coefficient (Wildman–Crippen LogP) is 1.66. The summed E-state index contributed by atoms with van der Waals surface area (Å²) >= 11 is 0. The maximum absolute atomic E-state index is 12.7. The number of nitrogens with zero attached hydrogens (tertiary/aromatic N) is 1. The molecule has 0 saturated heterocycles. The topological polar surface area (TPSA) is 77.8 Å². The summed E-state index contributed by atoms with van der Waals surface area (Å²) < 4.78 is 0. The molecule has 0 heterocycles. The van der Waals surface area contributed by atoms with Crippen molar-refractivity contribution in [2.75, 3.05) is 13.2 Å². The molecule has 114 valence electrons. The lowest BCUT2D eigenvalue weighted by Gasteiger charge is -2.35. The molecule has 0 aromatic carbocycles. The predicted molar refractivity (Wildman–Crippen MR) is 76.2 cm³/mol. The zero-order valence-electron chi connectivity index (χ0n) is 12.3. The molecule has 0 aliphatic heterocycles. The van der Waals surface area contributed by atoms with Gasteiger partial charge in [0.15, 0.2) is 0 Å². The molecule has 1 aliphatic rings. The maximum Gasteiger partial charge on any atom is 0.307 e. The van der Waals surface area contributed by atoms with Crippen molar-refractivity contribution in [3.05, 3.63) is 12.2 Å². The van der Waals surface area contributed by atoms with Crippen molar-refractivity contribution in [1.29, 1.82) is 0 Å². The van der Waals surface area contributed by atoms with E-state index in [-0.39, 0.29) is 25.1 Å². The summed E-state index contributed by atoms with van der Waals surface area (Å²) in [5, 5.41) is 18.4. The van der Waals surface area contributed by atoms with E-state index in [0.717, 1.165) is 12.8 Å². The second-order valence-corrected chi connectivity index (χ2v) is 5.22. The Hall–Kier alpha value is -1.36. The largest absolute Gasteiger partial charge is 0.481 e. The first-order valence-electron chi connectivity index (χ1n) is 7.35. The zero-order valence-corrected chi connectivity index (χ0v) is 12.3. The number of rotatable bonds is 7. The van der Waals surface area contributed by atoms with Gasteiger partial charge in [-0.3, -0.25) is 9.59 Å². The van der Waals surface area contributed by atoms with Gasteiger partial charge in [0.05, 0.1) is 18.4 Å². The Morgan fingerprint density at radius 2 is 1.75 bits per heavy atom. The van der Waals surface area contributed by atoms with Gasteiger partial charge in [0.2, 0.25) is 5.91 Å². The minimum Gasteiger partial charge on any atom is -0.481 e. The Balaban J connectivity index is 2.92. The van der Waals surface area contributed by atoms with E-state index in [1.54, 1.807) is 4.90 Å². The van der Waals surface area contributed by atoms with Crippen LogP contribution in [0.1, 0.15) is 39.5 Å². The van der Waals surface area contributed by atoms with Gasteiger partial charge in [-0.05, 0) is 25.7 Å². The highest BCUT2D eigenvalue weighted by Gasteiger charge is 2.37. The Labute approximate surface area is 120 Å². The average Bonchev–Trinajstić information content (AvgIpc) is 2.46. The van der Waals surface area contributed by atoms with Crippen molar-refractivity contribution in [1.82, 2.24) is 4.90 Å². The van der Waals surface area contributed by atoms with Crippen LogP contribution in [0.5, 0.6) is 0 Å². The third-order valence-electron chi connectivity index (χ3n) is 4.07. The molecule has 2 unspecified atom stereocenters. The number of carbonyl (C=O) groups excluding carboxylic acids is 1. The monoisotopic (exact) mass is 283 g/mol. The molecule has 2 atom stereocenters. The molecule has 0 aromatic rings. The third kappa shape index (κ3) is 3.82. The summed E-state index contributed by atoms with van der Waals surface area (Å²) in [6, 6.07) is 0.0648. The number of amides is 1. The van der Waals surface area contributed by atoms with Crippen LogP contribution in [0.4, 0.5) is 0 Å². The lowest BCUT2D eigenvalue weighted by Crippen LogP contribution is -2.47. The molecule has 1 rings (SSSR count). The van der Waals surface area contributed by atoms with Crippen LogP contribution in [0, 0.1) is 11.8 Å². The molecule has 20 heavy (non-hydrogen) atoms. The van der Waals surface area contributed by atoms with Crippen molar-refractivity contribution in [3.63, 3.8) is 0 Å². The van der Waals surface area contributed by atoms with Crippen molar-refractivity contribution in [2.45, 2.75) is 45.6 Å². The van der Waals surface area contributed by atoms with E-state index in [4.69, 9.17) is 0 Å². The molecule has 5 heteroatoms. The summed E-state index contributed by atoms with van der Waals surface area (Å²) in [6.07, 6.45) is 6.20. The van der Waals surface area contributed by atoms with Gasteiger partial charge in [0.1, 0.15) is 0 Å². The number of aliphatic carboxylic acids is 1. The summed E-state index contributed by atoms with van der Waals surface area (Å²) in [5.74, 6) is -2.21. The molecule has 0 bridgehead atoms. The van der Waals surface area contributed by atoms with E-state index in [0.29, 0.717) is 12.8 Å². The first-order valence-corrected chi connectivity index (χ1v) is 7.35. The number of hydrogen-bond acceptors (Lipinski definition) is 3. The lowest BCUT2D eigenvalue weighted by atomic mass is 9.81. The Morgan fingerprint density at radius 1 is 1.20 bits per heavy atom. The Morgan fingerprint density at radius 3 is 2.20 bits per heavy atom. The van der Waals surface area contributed by atoms with Gasteiger partial charge < -0.3 is 15.1 Å². The minimum atomic E-state index is -0.916. The van der Waals surface area contributed by atoms with Crippen molar-refractivity contribution in [3.8, 4) is 0 Å². The van der Waals surface area contributed by atoms with Gasteiger partial charge in [0, 0.05) is 12.6 Å². The van der Waals surface area contributed by atoms with E-state index in [1.807, 2.05) is 26.0 Å². The molecule has 0 spiro atoms. The second kappa shape index (κ2) is 8.04. The van der Waals surface area contributed by atoms with Gasteiger partial charge in [-0.15, -0.1) is 0 Å². The van der Waals surface area contributed by atoms with E-state index in [1.165, 1.54) is 0 Å². The average molecular weight is 283 g/mol. The Kier molecular flexibility index (Phi) is 6.71. The number of carboxylic acid groups (broad SMARTS) is 1. The first kappa shape index (κ1) is 16.7. The van der Waals surface area contributed by atoms with Gasteiger partial charge in [0.25, 0.3) is 0 Å². The highest BCUT2D eigenvalue weighted by molar-refractivity contribution is 5.85. The number of carboxylic acids is 1. The van der Waals surface area contributed by atoms with Crippen LogP contribution in [0.2, 0.25) is 0 Å². The molecule has 0 fully saturated rings. The van der Waals surface area contributed by atoms with Gasteiger partial charge >= 0.3 is 5.97 Å². The van der Waals surface area contributed by atoms with Crippen molar-refractivity contribution >= 4 is 11.9 Å².